The molecule has 0 aliphatic carbocycles. The van der Waals surface area contributed by atoms with Gasteiger partial charge in [-0.15, -0.1) is 0 Å². The Kier molecular flexibility index (Phi) is 3.21. The van der Waals surface area contributed by atoms with Crippen LogP contribution in [0.25, 0.3) is 11.2 Å². The quantitative estimate of drug-likeness (QED) is 0.649. The Hall–Kier alpha value is -1.55. The van der Waals surface area contributed by atoms with E-state index in [4.69, 9.17) is 27.2 Å². The molecule has 0 radical (unpaired) electrons. The maximum atomic E-state index is 14.1. The van der Waals surface area contributed by atoms with Crippen molar-refractivity contribution in [3.8, 4) is 0 Å². The third-order valence-electron chi connectivity index (χ3n) is 3.14. The number of nitrogens with zero attached hydrogens (tertiary/aromatic N) is 4. The van der Waals surface area contributed by atoms with Crippen molar-refractivity contribution in [3.05, 3.63) is 11.5 Å². The van der Waals surface area contributed by atoms with Gasteiger partial charge < -0.3 is 20.7 Å². The molecule has 0 bridgehead atoms. The minimum atomic E-state index is -1.74. The van der Waals surface area contributed by atoms with Crippen LogP contribution in [-0.4, -0.2) is 54.7 Å². The predicted octanol–water partition coefficient (Wildman–Crippen LogP) is -0.349. The molecule has 4 atom stereocenters. The van der Waals surface area contributed by atoms with Gasteiger partial charge in [-0.2, -0.15) is 9.97 Å². The standard InChI is InChI=1S/C10H11ClFN5O3/c11-7-5-8(16-10(13)15-7)17(2-14-5)9-4(12)6(19)3(1-18)20-9/h2-4,6,9,18-19H,1H2,(H2,13,15,16)/t3-,4?,6+,9-/m1/s1. The molecule has 1 aliphatic rings. The molecule has 0 spiro atoms. The van der Waals surface area contributed by atoms with E-state index in [0.717, 1.165) is 0 Å². The summed E-state index contributed by atoms with van der Waals surface area (Å²) in [5.74, 6) is -0.0862. The van der Waals surface area contributed by atoms with Crippen molar-refractivity contribution >= 4 is 28.7 Å². The molecule has 108 valence electrons. The van der Waals surface area contributed by atoms with Gasteiger partial charge >= 0.3 is 0 Å². The second-order valence-electron chi connectivity index (χ2n) is 4.38. The summed E-state index contributed by atoms with van der Waals surface area (Å²) >= 11 is 5.87. The fourth-order valence-corrected chi connectivity index (χ4v) is 2.38. The molecule has 20 heavy (non-hydrogen) atoms. The van der Waals surface area contributed by atoms with E-state index in [1.165, 1.54) is 10.9 Å². The van der Waals surface area contributed by atoms with Gasteiger partial charge in [0.2, 0.25) is 5.95 Å². The highest BCUT2D eigenvalue weighted by Gasteiger charge is 2.45. The van der Waals surface area contributed by atoms with E-state index in [2.05, 4.69) is 15.0 Å². The maximum Gasteiger partial charge on any atom is 0.223 e. The number of alkyl halides is 1. The summed E-state index contributed by atoms with van der Waals surface area (Å²) in [6.45, 7) is -0.497. The minimum Gasteiger partial charge on any atom is -0.394 e. The zero-order valence-corrected chi connectivity index (χ0v) is 10.8. The number of anilines is 1. The van der Waals surface area contributed by atoms with Gasteiger partial charge in [-0.05, 0) is 0 Å². The lowest BCUT2D eigenvalue weighted by Gasteiger charge is -2.15. The van der Waals surface area contributed by atoms with Crippen molar-refractivity contribution in [1.29, 1.82) is 0 Å². The fourth-order valence-electron chi connectivity index (χ4n) is 2.16. The number of rotatable bonds is 2. The molecule has 1 unspecified atom stereocenters. The first kappa shape index (κ1) is 13.4. The molecule has 3 heterocycles. The second-order valence-corrected chi connectivity index (χ2v) is 4.74. The van der Waals surface area contributed by atoms with Gasteiger partial charge in [0.1, 0.15) is 17.7 Å². The zero-order valence-electron chi connectivity index (χ0n) is 10.0. The fraction of sp³-hybridized carbons (Fsp3) is 0.500. The van der Waals surface area contributed by atoms with E-state index in [1.54, 1.807) is 0 Å². The Morgan fingerprint density at radius 1 is 1.50 bits per heavy atom. The van der Waals surface area contributed by atoms with E-state index < -0.39 is 31.2 Å². The van der Waals surface area contributed by atoms with Crippen LogP contribution >= 0.6 is 11.6 Å². The smallest absolute Gasteiger partial charge is 0.223 e. The average molecular weight is 304 g/mol. The largest absolute Gasteiger partial charge is 0.394 e. The number of nitrogen functional groups attached to an aromatic ring is 1. The van der Waals surface area contributed by atoms with E-state index in [9.17, 15) is 9.50 Å². The molecule has 3 rings (SSSR count). The summed E-state index contributed by atoms with van der Waals surface area (Å²) in [6, 6.07) is 0. The molecule has 2 aromatic rings. The van der Waals surface area contributed by atoms with Crippen LogP contribution in [0.4, 0.5) is 10.3 Å². The van der Waals surface area contributed by atoms with Crippen molar-refractivity contribution in [1.82, 2.24) is 19.5 Å². The van der Waals surface area contributed by atoms with Crippen LogP contribution in [-0.2, 0) is 4.74 Å². The number of aliphatic hydroxyl groups excluding tert-OH is 2. The van der Waals surface area contributed by atoms with Crippen molar-refractivity contribution in [3.63, 3.8) is 0 Å². The highest BCUT2D eigenvalue weighted by atomic mass is 35.5. The monoisotopic (exact) mass is 303 g/mol. The molecule has 1 fully saturated rings. The van der Waals surface area contributed by atoms with Gasteiger partial charge in [0.05, 0.1) is 12.9 Å². The lowest BCUT2D eigenvalue weighted by molar-refractivity contribution is -0.0459. The van der Waals surface area contributed by atoms with Crippen LogP contribution in [0.3, 0.4) is 0 Å². The van der Waals surface area contributed by atoms with Gasteiger partial charge in [-0.1, -0.05) is 11.6 Å². The molecular weight excluding hydrogens is 293 g/mol. The molecule has 0 amide bonds. The number of imidazole rings is 1. The molecule has 8 nitrogen and oxygen atoms in total. The molecule has 0 saturated carbocycles. The summed E-state index contributed by atoms with van der Waals surface area (Å²) < 4.78 is 20.6. The van der Waals surface area contributed by atoms with Crippen LogP contribution in [0.1, 0.15) is 6.23 Å². The number of ether oxygens (including phenoxy) is 1. The van der Waals surface area contributed by atoms with Crippen molar-refractivity contribution in [2.45, 2.75) is 24.6 Å². The van der Waals surface area contributed by atoms with Gasteiger partial charge in [0.25, 0.3) is 0 Å². The Labute approximate surface area is 117 Å². The Morgan fingerprint density at radius 3 is 2.90 bits per heavy atom. The molecule has 4 N–H and O–H groups in total. The number of nitrogens with two attached hydrogens (primary N) is 1. The third kappa shape index (κ3) is 1.90. The molecule has 2 aromatic heterocycles. The molecule has 1 aliphatic heterocycles. The van der Waals surface area contributed by atoms with E-state index in [-0.39, 0.29) is 22.3 Å². The summed E-state index contributed by atoms with van der Waals surface area (Å²) in [5.41, 5.74) is 5.94. The lowest BCUT2D eigenvalue weighted by atomic mass is 10.1. The number of aromatic nitrogens is 4. The summed E-state index contributed by atoms with van der Waals surface area (Å²) in [5, 5.41) is 18.7. The van der Waals surface area contributed by atoms with Crippen molar-refractivity contribution in [2.24, 2.45) is 0 Å². The van der Waals surface area contributed by atoms with Crippen LogP contribution in [0.5, 0.6) is 0 Å². The maximum absolute atomic E-state index is 14.1. The Bertz CT molecular complexity index is 653. The molecule has 0 aromatic carbocycles. The van der Waals surface area contributed by atoms with Gasteiger partial charge in [-0.3, -0.25) is 4.57 Å². The minimum absolute atomic E-state index is 0.0407. The first-order chi connectivity index (χ1) is 9.52. The van der Waals surface area contributed by atoms with Gasteiger partial charge in [-0.25, -0.2) is 9.37 Å². The number of fused-ring (bicyclic) bond motifs is 1. The SMILES string of the molecule is Nc1nc(Cl)c2ncn([C@@H]3O[C@H](CO)[C@H](O)C3F)c2n1. The van der Waals surface area contributed by atoms with Gasteiger partial charge in [0.15, 0.2) is 23.2 Å². The third-order valence-corrected chi connectivity index (χ3v) is 3.41. The second kappa shape index (κ2) is 4.77. The number of hydrogen-bond donors (Lipinski definition) is 3. The van der Waals surface area contributed by atoms with E-state index >= 15 is 0 Å². The number of aliphatic hydroxyl groups is 2. The zero-order chi connectivity index (χ0) is 14.4. The van der Waals surface area contributed by atoms with Gasteiger partial charge in [0, 0.05) is 0 Å². The predicted molar refractivity (Wildman–Crippen MR) is 66.6 cm³/mol. The van der Waals surface area contributed by atoms with Crippen molar-refractivity contribution in [2.75, 3.05) is 12.3 Å². The van der Waals surface area contributed by atoms with Crippen LogP contribution < -0.4 is 5.73 Å². The summed E-state index contributed by atoms with van der Waals surface area (Å²) in [7, 11) is 0. The first-order valence-corrected chi connectivity index (χ1v) is 6.14. The van der Waals surface area contributed by atoms with Crippen LogP contribution in [0.15, 0.2) is 6.33 Å². The summed E-state index contributed by atoms with van der Waals surface area (Å²) in [6.07, 6.45) is -4.08. The topological polar surface area (TPSA) is 119 Å². The molecule has 10 heteroatoms. The van der Waals surface area contributed by atoms with E-state index in [0.29, 0.717) is 0 Å². The highest BCUT2D eigenvalue weighted by Crippen LogP contribution is 2.34. The number of hydrogen-bond acceptors (Lipinski definition) is 7. The van der Waals surface area contributed by atoms with Crippen LogP contribution in [0.2, 0.25) is 5.15 Å². The first-order valence-electron chi connectivity index (χ1n) is 5.77. The average Bonchev–Trinajstić information content (AvgIpc) is 2.93. The lowest BCUT2D eigenvalue weighted by Crippen LogP contribution is -2.30. The van der Waals surface area contributed by atoms with Crippen LogP contribution in [0, 0.1) is 0 Å². The molecule has 1 saturated heterocycles. The number of halogens is 2. The molecular formula is C10H11ClFN5O3. The highest BCUT2D eigenvalue weighted by molar-refractivity contribution is 6.33. The summed E-state index contributed by atoms with van der Waals surface area (Å²) in [4.78, 5) is 11.7. The van der Waals surface area contributed by atoms with E-state index in [1.807, 2.05) is 0 Å². The normalized spacial score (nSPS) is 30.2. The Morgan fingerprint density at radius 2 is 2.25 bits per heavy atom. The Balaban J connectivity index is 2.07. The van der Waals surface area contributed by atoms with Crippen molar-refractivity contribution < 1.29 is 19.3 Å².